The Morgan fingerprint density at radius 3 is 3.17 bits per heavy atom. The first kappa shape index (κ1) is 15.9. The predicted octanol–water partition coefficient (Wildman–Crippen LogP) is 2.59. The van der Waals surface area contributed by atoms with Crippen molar-refractivity contribution < 1.29 is 9.53 Å². The average molecular weight is 364 g/mol. The standard InChI is InChI=1S/C17H18ClN3O2S/c18-13-2-1-5-19-16(13)20-7-8-23-14(11-20)17(22)21-6-3-15-12(10-21)4-9-24-15/h1-2,4-5,9,14H,3,6-8,10-11H2. The second-order valence-corrected chi connectivity index (χ2v) is 7.40. The van der Waals surface area contributed by atoms with E-state index in [0.29, 0.717) is 31.3 Å². The summed E-state index contributed by atoms with van der Waals surface area (Å²) in [6.45, 7) is 3.12. The highest BCUT2D eigenvalue weighted by Crippen LogP contribution is 2.27. The molecule has 7 heteroatoms. The Morgan fingerprint density at radius 2 is 2.29 bits per heavy atom. The maximum absolute atomic E-state index is 12.9. The fourth-order valence-electron chi connectivity index (χ4n) is 3.24. The number of carbonyl (C=O) groups excluding carboxylic acids is 1. The van der Waals surface area contributed by atoms with Gasteiger partial charge in [0.1, 0.15) is 5.82 Å². The molecule has 1 atom stereocenters. The molecule has 0 N–H and O–H groups in total. The van der Waals surface area contributed by atoms with Gasteiger partial charge in [0.25, 0.3) is 5.91 Å². The van der Waals surface area contributed by atoms with Crippen LogP contribution in [0.4, 0.5) is 5.82 Å². The van der Waals surface area contributed by atoms with Crippen molar-refractivity contribution in [2.45, 2.75) is 19.1 Å². The van der Waals surface area contributed by atoms with Crippen molar-refractivity contribution in [2.75, 3.05) is 31.1 Å². The van der Waals surface area contributed by atoms with E-state index in [1.165, 1.54) is 10.4 Å². The summed E-state index contributed by atoms with van der Waals surface area (Å²) in [5.74, 6) is 0.780. The normalized spacial score (nSPS) is 20.8. The Hall–Kier alpha value is -1.63. The summed E-state index contributed by atoms with van der Waals surface area (Å²) >= 11 is 8.01. The quantitative estimate of drug-likeness (QED) is 0.822. The Morgan fingerprint density at radius 1 is 1.38 bits per heavy atom. The Balaban J connectivity index is 1.46. The number of rotatable bonds is 2. The topological polar surface area (TPSA) is 45.7 Å². The first-order chi connectivity index (χ1) is 11.7. The van der Waals surface area contributed by atoms with Gasteiger partial charge in [-0.25, -0.2) is 4.98 Å². The minimum atomic E-state index is -0.461. The first-order valence-corrected chi connectivity index (χ1v) is 9.29. The van der Waals surface area contributed by atoms with E-state index in [2.05, 4.69) is 16.4 Å². The van der Waals surface area contributed by atoms with Crippen molar-refractivity contribution in [3.8, 4) is 0 Å². The minimum Gasteiger partial charge on any atom is -0.365 e. The molecule has 2 aliphatic heterocycles. The molecule has 1 amide bonds. The van der Waals surface area contributed by atoms with Gasteiger partial charge in [0.15, 0.2) is 6.10 Å². The number of hydrogen-bond acceptors (Lipinski definition) is 5. The molecule has 0 aromatic carbocycles. The van der Waals surface area contributed by atoms with E-state index in [4.69, 9.17) is 16.3 Å². The van der Waals surface area contributed by atoms with Gasteiger partial charge in [-0.15, -0.1) is 11.3 Å². The number of fused-ring (bicyclic) bond motifs is 1. The maximum atomic E-state index is 12.9. The fraction of sp³-hybridized carbons (Fsp3) is 0.412. The lowest BCUT2D eigenvalue weighted by Gasteiger charge is -2.36. The van der Waals surface area contributed by atoms with Crippen LogP contribution in [0.2, 0.25) is 5.02 Å². The van der Waals surface area contributed by atoms with Crippen molar-refractivity contribution >= 4 is 34.7 Å². The number of anilines is 1. The number of ether oxygens (including phenoxy) is 1. The third-order valence-corrected chi connectivity index (χ3v) is 5.82. The van der Waals surface area contributed by atoms with Gasteiger partial charge in [-0.05, 0) is 35.6 Å². The van der Waals surface area contributed by atoms with Crippen LogP contribution >= 0.6 is 22.9 Å². The molecule has 4 rings (SSSR count). The van der Waals surface area contributed by atoms with Gasteiger partial charge in [0, 0.05) is 30.7 Å². The highest BCUT2D eigenvalue weighted by molar-refractivity contribution is 7.10. The minimum absolute atomic E-state index is 0.0589. The second-order valence-electron chi connectivity index (χ2n) is 5.99. The summed E-state index contributed by atoms with van der Waals surface area (Å²) < 4.78 is 5.75. The number of morpholine rings is 1. The van der Waals surface area contributed by atoms with Crippen LogP contribution in [0.15, 0.2) is 29.8 Å². The lowest BCUT2D eigenvalue weighted by molar-refractivity contribution is -0.145. The number of hydrogen-bond donors (Lipinski definition) is 0. The molecule has 1 unspecified atom stereocenters. The number of thiophene rings is 1. The number of halogens is 1. The van der Waals surface area contributed by atoms with Crippen molar-refractivity contribution in [1.82, 2.24) is 9.88 Å². The molecular formula is C17H18ClN3O2S. The molecular weight excluding hydrogens is 346 g/mol. The van der Waals surface area contributed by atoms with Crippen LogP contribution in [0.25, 0.3) is 0 Å². The molecule has 2 aromatic rings. The maximum Gasteiger partial charge on any atom is 0.253 e. The van der Waals surface area contributed by atoms with E-state index in [1.807, 2.05) is 15.9 Å². The third kappa shape index (κ3) is 3.01. The predicted molar refractivity (Wildman–Crippen MR) is 94.6 cm³/mol. The third-order valence-electron chi connectivity index (χ3n) is 4.50. The second kappa shape index (κ2) is 6.70. The van der Waals surface area contributed by atoms with Crippen molar-refractivity contribution in [3.05, 3.63) is 45.2 Å². The molecule has 24 heavy (non-hydrogen) atoms. The van der Waals surface area contributed by atoms with E-state index in [-0.39, 0.29) is 5.91 Å². The van der Waals surface area contributed by atoms with Gasteiger partial charge in [0.05, 0.1) is 18.2 Å². The largest absolute Gasteiger partial charge is 0.365 e. The molecule has 126 valence electrons. The van der Waals surface area contributed by atoms with Crippen LogP contribution < -0.4 is 4.90 Å². The zero-order valence-corrected chi connectivity index (χ0v) is 14.7. The molecule has 0 spiro atoms. The van der Waals surface area contributed by atoms with Gasteiger partial charge in [-0.3, -0.25) is 4.79 Å². The van der Waals surface area contributed by atoms with Crippen molar-refractivity contribution in [1.29, 1.82) is 0 Å². The summed E-state index contributed by atoms with van der Waals surface area (Å²) in [6, 6.07) is 5.74. The molecule has 1 saturated heterocycles. The molecule has 0 radical (unpaired) electrons. The summed E-state index contributed by atoms with van der Waals surface area (Å²) in [6.07, 6.45) is 2.19. The molecule has 0 saturated carbocycles. The number of pyridine rings is 1. The number of aromatic nitrogens is 1. The van der Waals surface area contributed by atoms with E-state index in [0.717, 1.165) is 18.8 Å². The number of amides is 1. The number of nitrogens with zero attached hydrogens (tertiary/aromatic N) is 3. The summed E-state index contributed by atoms with van der Waals surface area (Å²) in [5, 5.41) is 2.70. The number of carbonyl (C=O) groups is 1. The van der Waals surface area contributed by atoms with Crippen molar-refractivity contribution in [2.24, 2.45) is 0 Å². The van der Waals surface area contributed by atoms with Crippen LogP contribution in [0.3, 0.4) is 0 Å². The van der Waals surface area contributed by atoms with Crippen LogP contribution in [0.5, 0.6) is 0 Å². The van der Waals surface area contributed by atoms with Gasteiger partial charge in [0.2, 0.25) is 0 Å². The van der Waals surface area contributed by atoms with E-state index in [9.17, 15) is 4.79 Å². The average Bonchev–Trinajstić information content (AvgIpc) is 3.09. The van der Waals surface area contributed by atoms with Crippen LogP contribution in [-0.4, -0.2) is 48.1 Å². The highest BCUT2D eigenvalue weighted by Gasteiger charge is 2.33. The van der Waals surface area contributed by atoms with Gasteiger partial charge < -0.3 is 14.5 Å². The monoisotopic (exact) mass is 363 g/mol. The zero-order chi connectivity index (χ0) is 16.5. The van der Waals surface area contributed by atoms with Crippen LogP contribution in [0, 0.1) is 0 Å². The van der Waals surface area contributed by atoms with Crippen LogP contribution in [-0.2, 0) is 22.5 Å². The van der Waals surface area contributed by atoms with Crippen LogP contribution in [0.1, 0.15) is 10.4 Å². The lowest BCUT2D eigenvalue weighted by atomic mass is 10.1. The Labute approximate surface area is 149 Å². The molecule has 4 heterocycles. The Kier molecular flexibility index (Phi) is 4.43. The molecule has 2 aliphatic rings. The lowest BCUT2D eigenvalue weighted by Crippen LogP contribution is -2.52. The fourth-order valence-corrected chi connectivity index (χ4v) is 4.37. The van der Waals surface area contributed by atoms with E-state index in [1.54, 1.807) is 23.6 Å². The summed E-state index contributed by atoms with van der Waals surface area (Å²) in [5.41, 5.74) is 1.26. The molecule has 1 fully saturated rings. The van der Waals surface area contributed by atoms with Gasteiger partial charge >= 0.3 is 0 Å². The molecule has 0 aliphatic carbocycles. The summed E-state index contributed by atoms with van der Waals surface area (Å²) in [4.78, 5) is 22.6. The van der Waals surface area contributed by atoms with Gasteiger partial charge in [-0.2, -0.15) is 0 Å². The van der Waals surface area contributed by atoms with E-state index >= 15 is 0 Å². The van der Waals surface area contributed by atoms with Crippen molar-refractivity contribution in [3.63, 3.8) is 0 Å². The highest BCUT2D eigenvalue weighted by atomic mass is 35.5. The van der Waals surface area contributed by atoms with Gasteiger partial charge in [-0.1, -0.05) is 11.6 Å². The SMILES string of the molecule is O=C(C1CN(c2ncccc2Cl)CCO1)N1CCc2sccc2C1. The molecule has 0 bridgehead atoms. The molecule has 5 nitrogen and oxygen atoms in total. The zero-order valence-electron chi connectivity index (χ0n) is 13.2. The summed E-state index contributed by atoms with van der Waals surface area (Å²) in [7, 11) is 0. The van der Waals surface area contributed by atoms with E-state index < -0.39 is 6.10 Å². The Bertz CT molecular complexity index is 751. The first-order valence-electron chi connectivity index (χ1n) is 8.03. The smallest absolute Gasteiger partial charge is 0.253 e. The molecule has 2 aromatic heterocycles.